The van der Waals surface area contributed by atoms with E-state index in [9.17, 15) is 9.59 Å². The Labute approximate surface area is 150 Å². The number of piperidine rings is 1. The summed E-state index contributed by atoms with van der Waals surface area (Å²) < 4.78 is 0. The van der Waals surface area contributed by atoms with Crippen molar-refractivity contribution < 1.29 is 9.59 Å². The van der Waals surface area contributed by atoms with Gasteiger partial charge < -0.3 is 10.6 Å². The normalized spacial score (nSPS) is 15.3. The zero-order chi connectivity index (χ0) is 18.1. The Kier molecular flexibility index (Phi) is 4.12. The molecule has 0 atom stereocenters. The van der Waals surface area contributed by atoms with Gasteiger partial charge in [0.2, 0.25) is 0 Å². The Morgan fingerprint density at radius 2 is 1.92 bits per heavy atom. The third-order valence-electron chi connectivity index (χ3n) is 4.95. The van der Waals surface area contributed by atoms with Crippen LogP contribution in [-0.2, 0) is 0 Å². The van der Waals surface area contributed by atoms with Crippen molar-refractivity contribution in [1.29, 1.82) is 0 Å². The Morgan fingerprint density at radius 1 is 1.15 bits per heavy atom. The van der Waals surface area contributed by atoms with E-state index in [1.807, 2.05) is 35.2 Å². The molecule has 26 heavy (non-hydrogen) atoms. The fourth-order valence-electron chi connectivity index (χ4n) is 3.51. The van der Waals surface area contributed by atoms with Gasteiger partial charge in [0.15, 0.2) is 0 Å². The number of aromatic nitrogens is 3. The van der Waals surface area contributed by atoms with Crippen LogP contribution in [0.5, 0.6) is 0 Å². The summed E-state index contributed by atoms with van der Waals surface area (Å²) in [5.41, 5.74) is 6.89. The van der Waals surface area contributed by atoms with E-state index in [1.165, 1.54) is 0 Å². The maximum atomic E-state index is 12.9. The smallest absolute Gasteiger partial charge is 0.273 e. The molecule has 3 N–H and O–H groups in total. The number of nitrogens with zero attached hydrogens (tertiary/aromatic N) is 3. The summed E-state index contributed by atoms with van der Waals surface area (Å²) in [5.74, 6) is -0.343. The van der Waals surface area contributed by atoms with Crippen LogP contribution in [0.3, 0.4) is 0 Å². The van der Waals surface area contributed by atoms with Gasteiger partial charge in [0.05, 0.1) is 0 Å². The fraction of sp³-hybridized carbons (Fsp3) is 0.263. The second-order valence-electron chi connectivity index (χ2n) is 6.52. The third-order valence-corrected chi connectivity index (χ3v) is 4.95. The van der Waals surface area contributed by atoms with Gasteiger partial charge in [-0.3, -0.25) is 19.7 Å². The van der Waals surface area contributed by atoms with Crippen molar-refractivity contribution in [2.24, 2.45) is 5.73 Å². The molecule has 2 amide bonds. The van der Waals surface area contributed by atoms with Crippen molar-refractivity contribution in [1.82, 2.24) is 20.1 Å². The van der Waals surface area contributed by atoms with Crippen molar-refractivity contribution in [3.63, 3.8) is 0 Å². The fourth-order valence-corrected chi connectivity index (χ4v) is 3.51. The molecule has 4 rings (SSSR count). The van der Waals surface area contributed by atoms with Gasteiger partial charge in [-0.25, -0.2) is 0 Å². The van der Waals surface area contributed by atoms with Crippen molar-refractivity contribution in [2.75, 3.05) is 13.1 Å². The number of hydrogen-bond acceptors (Lipinski definition) is 4. The summed E-state index contributed by atoms with van der Waals surface area (Å²) >= 11 is 0. The molecule has 7 heteroatoms. The minimum absolute atomic E-state index is 0.0392. The number of carbonyl (C=O) groups excluding carboxylic acids is 2. The van der Waals surface area contributed by atoms with Gasteiger partial charge in [0.1, 0.15) is 11.4 Å². The lowest BCUT2D eigenvalue weighted by Crippen LogP contribution is -2.38. The highest BCUT2D eigenvalue weighted by Gasteiger charge is 2.27. The second kappa shape index (κ2) is 6.59. The van der Waals surface area contributed by atoms with Crippen LogP contribution in [0, 0.1) is 0 Å². The van der Waals surface area contributed by atoms with E-state index >= 15 is 0 Å². The van der Waals surface area contributed by atoms with Crippen LogP contribution in [0.25, 0.3) is 10.8 Å². The number of nitrogens with two attached hydrogens (primary N) is 1. The van der Waals surface area contributed by atoms with Crippen LogP contribution < -0.4 is 5.73 Å². The molecule has 0 bridgehead atoms. The predicted octanol–water partition coefficient (Wildman–Crippen LogP) is 2.08. The summed E-state index contributed by atoms with van der Waals surface area (Å²) in [6.07, 6.45) is 3.28. The Hall–Kier alpha value is -3.22. The van der Waals surface area contributed by atoms with E-state index in [1.54, 1.807) is 12.3 Å². The first-order valence-corrected chi connectivity index (χ1v) is 8.61. The van der Waals surface area contributed by atoms with E-state index in [0.717, 1.165) is 29.3 Å². The van der Waals surface area contributed by atoms with Crippen LogP contribution in [0.1, 0.15) is 45.4 Å². The number of carbonyl (C=O) groups is 2. The summed E-state index contributed by atoms with van der Waals surface area (Å²) in [6.45, 7) is 1.28. The zero-order valence-electron chi connectivity index (χ0n) is 14.2. The highest BCUT2D eigenvalue weighted by Crippen LogP contribution is 2.28. The number of benzene rings is 1. The molecule has 1 saturated heterocycles. The topological polar surface area (TPSA) is 105 Å². The number of amides is 2. The molecule has 7 nitrogen and oxygen atoms in total. The molecule has 0 saturated carbocycles. The summed E-state index contributed by atoms with van der Waals surface area (Å²) in [6, 6.07) is 11.4. The van der Waals surface area contributed by atoms with Crippen LogP contribution in [0.4, 0.5) is 0 Å². The molecule has 1 aliphatic rings. The van der Waals surface area contributed by atoms with Gasteiger partial charge >= 0.3 is 0 Å². The number of H-pyrrole nitrogens is 1. The third kappa shape index (κ3) is 2.92. The highest BCUT2D eigenvalue weighted by molar-refractivity contribution is 6.05. The monoisotopic (exact) mass is 349 g/mol. The number of nitrogens with one attached hydrogen (secondary N) is 1. The number of rotatable bonds is 3. The van der Waals surface area contributed by atoms with Crippen LogP contribution in [-0.4, -0.2) is 45.0 Å². The summed E-state index contributed by atoms with van der Waals surface area (Å²) in [5, 5.41) is 8.71. The Morgan fingerprint density at radius 3 is 2.65 bits per heavy atom. The molecule has 0 aliphatic carbocycles. The highest BCUT2D eigenvalue weighted by atomic mass is 16.2. The number of fused-ring (bicyclic) bond motifs is 1. The van der Waals surface area contributed by atoms with Gasteiger partial charge in [-0.1, -0.05) is 24.3 Å². The van der Waals surface area contributed by atoms with Crippen molar-refractivity contribution >= 4 is 22.6 Å². The second-order valence-corrected chi connectivity index (χ2v) is 6.52. The molecule has 132 valence electrons. The van der Waals surface area contributed by atoms with Gasteiger partial charge in [-0.2, -0.15) is 5.10 Å². The number of primary amides is 1. The van der Waals surface area contributed by atoms with Gasteiger partial charge in [-0.05, 0) is 30.4 Å². The first-order chi connectivity index (χ1) is 12.6. The molecule has 0 unspecified atom stereocenters. The van der Waals surface area contributed by atoms with Crippen molar-refractivity contribution in [3.8, 4) is 0 Å². The largest absolute Gasteiger partial charge is 0.364 e. The first kappa shape index (κ1) is 16.3. The maximum absolute atomic E-state index is 12.9. The lowest BCUT2D eigenvalue weighted by atomic mass is 9.93. The van der Waals surface area contributed by atoms with Crippen molar-refractivity contribution in [3.05, 3.63) is 59.7 Å². The van der Waals surface area contributed by atoms with E-state index in [4.69, 9.17) is 5.73 Å². The molecule has 1 aliphatic heterocycles. The zero-order valence-corrected chi connectivity index (χ0v) is 14.2. The van der Waals surface area contributed by atoms with E-state index in [0.29, 0.717) is 18.8 Å². The average molecular weight is 349 g/mol. The van der Waals surface area contributed by atoms with E-state index in [-0.39, 0.29) is 17.5 Å². The average Bonchev–Trinajstić information content (AvgIpc) is 3.18. The predicted molar refractivity (Wildman–Crippen MR) is 96.7 cm³/mol. The molecule has 1 fully saturated rings. The number of pyridine rings is 1. The minimum atomic E-state index is -0.540. The van der Waals surface area contributed by atoms with Gasteiger partial charge in [0.25, 0.3) is 11.8 Å². The van der Waals surface area contributed by atoms with Crippen LogP contribution >= 0.6 is 0 Å². The van der Waals surface area contributed by atoms with Crippen molar-refractivity contribution in [2.45, 2.75) is 18.8 Å². The van der Waals surface area contributed by atoms with Crippen LogP contribution in [0.15, 0.2) is 42.6 Å². The summed E-state index contributed by atoms with van der Waals surface area (Å²) in [7, 11) is 0. The lowest BCUT2D eigenvalue weighted by Gasteiger charge is -2.31. The molecule has 0 radical (unpaired) electrons. The quantitative estimate of drug-likeness (QED) is 0.755. The standard InChI is InChI=1S/C19H19N5O2/c20-18(25)16-11-15(22-23-16)13-6-9-24(10-7-13)19(26)17-14-4-2-1-3-12(14)5-8-21-17/h1-5,8,11,13H,6-7,9-10H2,(H2,20,25)(H,22,23). The first-order valence-electron chi connectivity index (χ1n) is 8.61. The number of likely N-dealkylation sites (tertiary alicyclic amines) is 1. The lowest BCUT2D eigenvalue weighted by molar-refractivity contribution is 0.0708. The molecule has 0 spiro atoms. The molecule has 3 heterocycles. The molecule has 3 aromatic rings. The Bertz CT molecular complexity index is 967. The maximum Gasteiger partial charge on any atom is 0.273 e. The molecule has 2 aromatic heterocycles. The minimum Gasteiger partial charge on any atom is -0.364 e. The summed E-state index contributed by atoms with van der Waals surface area (Å²) in [4.78, 5) is 30.3. The van der Waals surface area contributed by atoms with E-state index < -0.39 is 5.91 Å². The van der Waals surface area contributed by atoms with Crippen LogP contribution in [0.2, 0.25) is 0 Å². The van der Waals surface area contributed by atoms with E-state index in [2.05, 4.69) is 15.2 Å². The number of hydrogen-bond donors (Lipinski definition) is 2. The van der Waals surface area contributed by atoms with Gasteiger partial charge in [-0.15, -0.1) is 0 Å². The molecular weight excluding hydrogens is 330 g/mol. The SMILES string of the molecule is NC(=O)c1cc(C2CCN(C(=O)c3nccc4ccccc34)CC2)[nH]n1. The molecule has 1 aromatic carbocycles. The Balaban J connectivity index is 1.48. The number of aromatic amines is 1. The molecular formula is C19H19N5O2. The van der Waals surface area contributed by atoms with Gasteiger partial charge in [0, 0.05) is 36.3 Å².